The van der Waals surface area contributed by atoms with E-state index in [0.717, 1.165) is 16.9 Å². The summed E-state index contributed by atoms with van der Waals surface area (Å²) in [5.74, 6) is -0.396. The van der Waals surface area contributed by atoms with Crippen LogP contribution in [0.1, 0.15) is 42.4 Å². The van der Waals surface area contributed by atoms with Crippen LogP contribution in [0.3, 0.4) is 0 Å². The second-order valence-corrected chi connectivity index (χ2v) is 7.15. The Kier molecular flexibility index (Phi) is 4.75. The van der Waals surface area contributed by atoms with Crippen LogP contribution in [-0.2, 0) is 12.0 Å². The summed E-state index contributed by atoms with van der Waals surface area (Å²) in [5.41, 5.74) is 2.21. The van der Waals surface area contributed by atoms with Crippen LogP contribution >= 0.6 is 0 Å². The number of H-pyrrole nitrogens is 1. The zero-order valence-corrected chi connectivity index (χ0v) is 15.1. The highest BCUT2D eigenvalue weighted by atomic mass is 16.2. The number of amides is 1. The molecule has 0 unspecified atom stereocenters. The molecule has 0 aliphatic heterocycles. The molecule has 3 rings (SSSR count). The molecule has 1 amide bonds. The van der Waals surface area contributed by atoms with Crippen LogP contribution in [0.5, 0.6) is 0 Å². The predicted octanol–water partition coefficient (Wildman–Crippen LogP) is 2.79. The van der Waals surface area contributed by atoms with Crippen molar-refractivity contribution in [3.63, 3.8) is 0 Å². The first kappa shape index (κ1) is 17.7. The molecule has 0 bridgehead atoms. The first-order valence-corrected chi connectivity index (χ1v) is 8.44. The number of aromatic amines is 1. The molecule has 2 N–H and O–H groups in total. The van der Waals surface area contributed by atoms with Gasteiger partial charge in [0.1, 0.15) is 5.56 Å². The van der Waals surface area contributed by atoms with Crippen molar-refractivity contribution >= 4 is 5.91 Å². The number of para-hydroxylation sites is 1. The number of carbonyl (C=O) groups is 1. The van der Waals surface area contributed by atoms with E-state index in [2.05, 4.69) is 15.3 Å². The third kappa shape index (κ3) is 3.74. The largest absolute Gasteiger partial charge is 0.348 e. The van der Waals surface area contributed by atoms with E-state index in [4.69, 9.17) is 0 Å². The minimum Gasteiger partial charge on any atom is -0.348 e. The number of carbonyl (C=O) groups excluding carboxylic acids is 1. The molecule has 2 heterocycles. The van der Waals surface area contributed by atoms with Gasteiger partial charge >= 0.3 is 0 Å². The molecule has 0 aliphatic rings. The molecule has 26 heavy (non-hydrogen) atoms. The highest BCUT2D eigenvalue weighted by Gasteiger charge is 2.17. The number of rotatable bonds is 4. The maximum Gasteiger partial charge on any atom is 0.261 e. The third-order valence-corrected chi connectivity index (χ3v) is 4.18. The lowest BCUT2D eigenvalue weighted by Gasteiger charge is -2.18. The Morgan fingerprint density at radius 1 is 1.19 bits per heavy atom. The summed E-state index contributed by atoms with van der Waals surface area (Å²) >= 11 is 0. The number of hydrogen-bond donors (Lipinski definition) is 2. The molecule has 0 saturated heterocycles. The van der Waals surface area contributed by atoms with Crippen molar-refractivity contribution < 1.29 is 4.79 Å². The number of hydrogen-bond acceptors (Lipinski definition) is 3. The normalized spacial score (nSPS) is 11.3. The average molecular weight is 350 g/mol. The molecule has 0 spiro atoms. The first-order valence-electron chi connectivity index (χ1n) is 8.44. The smallest absolute Gasteiger partial charge is 0.261 e. The van der Waals surface area contributed by atoms with Crippen molar-refractivity contribution in [1.29, 1.82) is 0 Å². The molecule has 0 radical (unpaired) electrons. The third-order valence-electron chi connectivity index (χ3n) is 4.18. The Balaban J connectivity index is 1.78. The Hall–Kier alpha value is -3.15. The lowest BCUT2D eigenvalue weighted by molar-refractivity contribution is 0.0949. The Labute approximate surface area is 151 Å². The number of benzene rings is 1. The van der Waals surface area contributed by atoms with Gasteiger partial charge in [-0.15, -0.1) is 0 Å². The van der Waals surface area contributed by atoms with Crippen LogP contribution < -0.4 is 10.9 Å². The summed E-state index contributed by atoms with van der Waals surface area (Å²) in [6.07, 6.45) is 5.25. The Bertz CT molecular complexity index is 966. The van der Waals surface area contributed by atoms with Gasteiger partial charge in [-0.3, -0.25) is 9.59 Å². The van der Waals surface area contributed by atoms with Crippen molar-refractivity contribution in [3.8, 4) is 5.69 Å². The summed E-state index contributed by atoms with van der Waals surface area (Å²) in [6, 6.07) is 11.1. The van der Waals surface area contributed by atoms with E-state index in [1.807, 2.05) is 55.8 Å². The van der Waals surface area contributed by atoms with Crippen molar-refractivity contribution in [2.45, 2.75) is 32.7 Å². The van der Waals surface area contributed by atoms with Crippen LogP contribution in [0.15, 0.2) is 59.9 Å². The van der Waals surface area contributed by atoms with Crippen molar-refractivity contribution in [3.05, 3.63) is 82.3 Å². The van der Waals surface area contributed by atoms with Gasteiger partial charge in [-0.2, -0.15) is 0 Å². The molecular weight excluding hydrogens is 328 g/mol. The monoisotopic (exact) mass is 350 g/mol. The summed E-state index contributed by atoms with van der Waals surface area (Å²) < 4.78 is 1.88. The zero-order chi connectivity index (χ0) is 18.7. The van der Waals surface area contributed by atoms with Crippen molar-refractivity contribution in [2.75, 3.05) is 0 Å². The van der Waals surface area contributed by atoms with Gasteiger partial charge in [-0.1, -0.05) is 39.0 Å². The first-order chi connectivity index (χ1) is 12.4. The van der Waals surface area contributed by atoms with Crippen LogP contribution in [0, 0.1) is 0 Å². The van der Waals surface area contributed by atoms with Gasteiger partial charge in [-0.05, 0) is 23.8 Å². The van der Waals surface area contributed by atoms with Crippen molar-refractivity contribution in [2.24, 2.45) is 0 Å². The highest BCUT2D eigenvalue weighted by molar-refractivity contribution is 5.93. The summed E-state index contributed by atoms with van der Waals surface area (Å²) in [6.45, 7) is 6.33. The maximum atomic E-state index is 12.4. The lowest BCUT2D eigenvalue weighted by Crippen LogP contribution is -2.31. The summed E-state index contributed by atoms with van der Waals surface area (Å²) in [4.78, 5) is 31.6. The molecule has 2 aromatic heterocycles. The molecule has 6 nitrogen and oxygen atoms in total. The van der Waals surface area contributed by atoms with Crippen LogP contribution in [-0.4, -0.2) is 20.4 Å². The molecule has 6 heteroatoms. The quantitative estimate of drug-likeness (QED) is 0.759. The second-order valence-electron chi connectivity index (χ2n) is 7.15. The average Bonchev–Trinajstić information content (AvgIpc) is 3.13. The number of nitrogens with one attached hydrogen (secondary N) is 2. The van der Waals surface area contributed by atoms with Gasteiger partial charge in [0.2, 0.25) is 0 Å². The van der Waals surface area contributed by atoms with E-state index in [-0.39, 0.29) is 16.5 Å². The van der Waals surface area contributed by atoms with E-state index in [0.29, 0.717) is 6.54 Å². The van der Waals surface area contributed by atoms with Crippen molar-refractivity contribution in [1.82, 2.24) is 19.9 Å². The topological polar surface area (TPSA) is 79.8 Å². The molecule has 3 aromatic rings. The maximum absolute atomic E-state index is 12.4. The summed E-state index contributed by atoms with van der Waals surface area (Å²) in [5, 5.41) is 2.82. The highest BCUT2D eigenvalue weighted by Crippen LogP contribution is 2.18. The van der Waals surface area contributed by atoms with E-state index < -0.39 is 5.91 Å². The van der Waals surface area contributed by atoms with E-state index >= 15 is 0 Å². The van der Waals surface area contributed by atoms with Gasteiger partial charge in [0, 0.05) is 30.0 Å². The van der Waals surface area contributed by atoms with Gasteiger partial charge in [-0.25, -0.2) is 4.98 Å². The molecule has 134 valence electrons. The fourth-order valence-electron chi connectivity index (χ4n) is 2.67. The molecule has 0 aliphatic carbocycles. The van der Waals surface area contributed by atoms with E-state index in [1.54, 1.807) is 24.7 Å². The minimum absolute atomic E-state index is 0.109. The number of aromatic nitrogens is 3. The van der Waals surface area contributed by atoms with E-state index in [9.17, 15) is 9.59 Å². The zero-order valence-electron chi connectivity index (χ0n) is 15.1. The van der Waals surface area contributed by atoms with Gasteiger partial charge in [0.15, 0.2) is 0 Å². The molecule has 0 atom stereocenters. The molecule has 0 fully saturated rings. The van der Waals surface area contributed by atoms with Crippen LogP contribution in [0.4, 0.5) is 0 Å². The predicted molar refractivity (Wildman–Crippen MR) is 100 cm³/mol. The van der Waals surface area contributed by atoms with E-state index in [1.165, 1.54) is 0 Å². The lowest BCUT2D eigenvalue weighted by atomic mass is 9.91. The fourth-order valence-corrected chi connectivity index (χ4v) is 2.67. The van der Waals surface area contributed by atoms with Gasteiger partial charge < -0.3 is 14.9 Å². The standard InChI is InChI=1S/C20H22N4O2/c1-20(2,3)17-9-8-15(19(26)23-17)18(25)22-12-14-6-4-5-7-16(14)24-11-10-21-13-24/h4-11,13H,12H2,1-3H3,(H,22,25)(H,23,26). The van der Waals surface area contributed by atoms with Crippen LogP contribution in [0.2, 0.25) is 0 Å². The molecular formula is C20H22N4O2. The second kappa shape index (κ2) is 7.00. The Morgan fingerprint density at radius 2 is 1.96 bits per heavy atom. The number of imidazole rings is 1. The summed E-state index contributed by atoms with van der Waals surface area (Å²) in [7, 11) is 0. The number of pyridine rings is 1. The Morgan fingerprint density at radius 3 is 2.62 bits per heavy atom. The minimum atomic E-state index is -0.396. The molecule has 1 aromatic carbocycles. The van der Waals surface area contributed by atoms with Crippen LogP contribution in [0.25, 0.3) is 5.69 Å². The molecule has 0 saturated carbocycles. The van der Waals surface area contributed by atoms with Gasteiger partial charge in [0.05, 0.1) is 12.0 Å². The fraction of sp³-hybridized carbons (Fsp3) is 0.250. The number of nitrogens with zero attached hydrogens (tertiary/aromatic N) is 2. The van der Waals surface area contributed by atoms with Gasteiger partial charge in [0.25, 0.3) is 11.5 Å². The SMILES string of the molecule is CC(C)(C)c1ccc(C(=O)NCc2ccccc2-n2ccnc2)c(=O)[nH]1.